The summed E-state index contributed by atoms with van der Waals surface area (Å²) in [7, 11) is 0. The van der Waals surface area contributed by atoms with E-state index in [4.69, 9.17) is 0 Å². The van der Waals surface area contributed by atoms with Gasteiger partial charge in [0, 0.05) is 38.4 Å². The molecule has 0 amide bonds. The fourth-order valence-electron chi connectivity index (χ4n) is 2.81. The first-order valence-corrected chi connectivity index (χ1v) is 8.10. The zero-order valence-corrected chi connectivity index (χ0v) is 13.1. The summed E-state index contributed by atoms with van der Waals surface area (Å²) in [5, 5.41) is 3.40. The van der Waals surface area contributed by atoms with Crippen molar-refractivity contribution in [2.75, 3.05) is 44.2 Å². The molecule has 3 nitrogen and oxygen atoms in total. The number of hydrogen-bond acceptors (Lipinski definition) is 3. The van der Waals surface area contributed by atoms with Crippen LogP contribution < -0.4 is 10.2 Å². The Morgan fingerprint density at radius 1 is 1.10 bits per heavy atom. The molecule has 1 saturated heterocycles. The standard InChI is InChI=1S/C17H29N3/c1-3-18-11-14-19(4-2)15-16-7-9-17(10-8-16)20-12-5-6-13-20/h7-10,18H,3-6,11-15H2,1-2H3. The molecule has 1 aromatic carbocycles. The summed E-state index contributed by atoms with van der Waals surface area (Å²) >= 11 is 0. The van der Waals surface area contributed by atoms with Gasteiger partial charge in [0.15, 0.2) is 0 Å². The predicted octanol–water partition coefficient (Wildman–Crippen LogP) is 2.72. The quantitative estimate of drug-likeness (QED) is 0.736. The average molecular weight is 275 g/mol. The van der Waals surface area contributed by atoms with E-state index >= 15 is 0 Å². The Balaban J connectivity index is 1.85. The van der Waals surface area contributed by atoms with Gasteiger partial charge in [0.25, 0.3) is 0 Å². The van der Waals surface area contributed by atoms with Crippen LogP contribution in [0.15, 0.2) is 24.3 Å². The molecule has 0 unspecified atom stereocenters. The molecule has 20 heavy (non-hydrogen) atoms. The molecule has 1 aliphatic heterocycles. The van der Waals surface area contributed by atoms with Gasteiger partial charge in [0.1, 0.15) is 0 Å². The summed E-state index contributed by atoms with van der Waals surface area (Å²) in [6, 6.07) is 9.17. The Bertz CT molecular complexity index is 368. The third-order valence-corrected chi connectivity index (χ3v) is 4.12. The Hall–Kier alpha value is -1.06. The van der Waals surface area contributed by atoms with Gasteiger partial charge >= 0.3 is 0 Å². The lowest BCUT2D eigenvalue weighted by Gasteiger charge is -2.22. The summed E-state index contributed by atoms with van der Waals surface area (Å²) in [4.78, 5) is 4.99. The molecular weight excluding hydrogens is 246 g/mol. The van der Waals surface area contributed by atoms with Gasteiger partial charge in [-0.2, -0.15) is 0 Å². The molecule has 112 valence electrons. The number of nitrogens with one attached hydrogen (secondary N) is 1. The van der Waals surface area contributed by atoms with Crippen LogP contribution in [-0.2, 0) is 6.54 Å². The molecular formula is C17H29N3. The van der Waals surface area contributed by atoms with Crippen molar-refractivity contribution >= 4 is 5.69 Å². The van der Waals surface area contributed by atoms with Gasteiger partial charge < -0.3 is 10.2 Å². The van der Waals surface area contributed by atoms with Crippen molar-refractivity contribution in [3.8, 4) is 0 Å². The average Bonchev–Trinajstić information content (AvgIpc) is 3.01. The number of hydrogen-bond donors (Lipinski definition) is 1. The summed E-state index contributed by atoms with van der Waals surface area (Å²) < 4.78 is 0. The van der Waals surface area contributed by atoms with Crippen LogP contribution in [0.1, 0.15) is 32.3 Å². The molecule has 0 radical (unpaired) electrons. The van der Waals surface area contributed by atoms with Crippen LogP contribution in [0, 0.1) is 0 Å². The highest BCUT2D eigenvalue weighted by molar-refractivity contribution is 5.48. The fraction of sp³-hybridized carbons (Fsp3) is 0.647. The molecule has 0 atom stereocenters. The lowest BCUT2D eigenvalue weighted by atomic mass is 10.2. The van der Waals surface area contributed by atoms with Crippen molar-refractivity contribution in [2.24, 2.45) is 0 Å². The van der Waals surface area contributed by atoms with E-state index in [0.717, 1.165) is 32.7 Å². The van der Waals surface area contributed by atoms with Gasteiger partial charge in [-0.15, -0.1) is 0 Å². The van der Waals surface area contributed by atoms with Gasteiger partial charge in [-0.3, -0.25) is 4.90 Å². The van der Waals surface area contributed by atoms with Crippen molar-refractivity contribution in [1.29, 1.82) is 0 Å². The van der Waals surface area contributed by atoms with Crippen molar-refractivity contribution < 1.29 is 0 Å². The second-order valence-electron chi connectivity index (χ2n) is 5.58. The first kappa shape index (κ1) is 15.3. The second kappa shape index (κ2) is 8.28. The molecule has 3 heteroatoms. The van der Waals surface area contributed by atoms with Crippen molar-refractivity contribution in [1.82, 2.24) is 10.2 Å². The lowest BCUT2D eigenvalue weighted by molar-refractivity contribution is 0.280. The monoisotopic (exact) mass is 275 g/mol. The molecule has 1 heterocycles. The van der Waals surface area contributed by atoms with E-state index in [2.05, 4.69) is 53.2 Å². The van der Waals surface area contributed by atoms with E-state index in [-0.39, 0.29) is 0 Å². The Morgan fingerprint density at radius 3 is 2.40 bits per heavy atom. The summed E-state index contributed by atoms with van der Waals surface area (Å²) in [6.07, 6.45) is 2.69. The van der Waals surface area contributed by atoms with Crippen LogP contribution in [-0.4, -0.2) is 44.2 Å². The van der Waals surface area contributed by atoms with Gasteiger partial charge in [0.05, 0.1) is 0 Å². The van der Waals surface area contributed by atoms with Crippen LogP contribution in [0.4, 0.5) is 5.69 Å². The van der Waals surface area contributed by atoms with Crippen molar-refractivity contribution in [3.63, 3.8) is 0 Å². The van der Waals surface area contributed by atoms with Crippen molar-refractivity contribution in [3.05, 3.63) is 29.8 Å². The first-order valence-electron chi connectivity index (χ1n) is 8.10. The maximum absolute atomic E-state index is 3.40. The maximum atomic E-state index is 3.40. The summed E-state index contributed by atoms with van der Waals surface area (Å²) in [5.74, 6) is 0. The minimum absolute atomic E-state index is 1.06. The highest BCUT2D eigenvalue weighted by Crippen LogP contribution is 2.20. The molecule has 1 N–H and O–H groups in total. The van der Waals surface area contributed by atoms with Crippen LogP contribution in [0.3, 0.4) is 0 Å². The first-order chi connectivity index (χ1) is 9.83. The zero-order valence-electron chi connectivity index (χ0n) is 13.1. The predicted molar refractivity (Wildman–Crippen MR) is 87.4 cm³/mol. The number of likely N-dealkylation sites (N-methyl/N-ethyl adjacent to an activating group) is 2. The Morgan fingerprint density at radius 2 is 1.80 bits per heavy atom. The molecule has 1 aliphatic rings. The van der Waals surface area contributed by atoms with Crippen LogP contribution in [0.2, 0.25) is 0 Å². The minimum atomic E-state index is 1.06. The number of benzene rings is 1. The van der Waals surface area contributed by atoms with E-state index in [0.29, 0.717) is 0 Å². The largest absolute Gasteiger partial charge is 0.372 e. The SMILES string of the molecule is CCNCCN(CC)Cc1ccc(N2CCCC2)cc1. The molecule has 0 aromatic heterocycles. The van der Waals surface area contributed by atoms with Crippen LogP contribution >= 0.6 is 0 Å². The van der Waals surface area contributed by atoms with Gasteiger partial charge in [0.2, 0.25) is 0 Å². The van der Waals surface area contributed by atoms with Crippen molar-refractivity contribution in [2.45, 2.75) is 33.2 Å². The Kier molecular flexibility index (Phi) is 6.34. The number of anilines is 1. The van der Waals surface area contributed by atoms with Gasteiger partial charge in [-0.25, -0.2) is 0 Å². The normalized spacial score (nSPS) is 15.2. The molecule has 0 bridgehead atoms. The van der Waals surface area contributed by atoms with E-state index in [1.807, 2.05) is 0 Å². The molecule has 0 spiro atoms. The fourth-order valence-corrected chi connectivity index (χ4v) is 2.81. The molecule has 0 saturated carbocycles. The molecule has 0 aliphatic carbocycles. The molecule has 2 rings (SSSR count). The Labute approximate surface area is 124 Å². The maximum Gasteiger partial charge on any atom is 0.0366 e. The van der Waals surface area contributed by atoms with E-state index in [1.54, 1.807) is 0 Å². The van der Waals surface area contributed by atoms with Gasteiger partial charge in [-0.05, 0) is 43.6 Å². The minimum Gasteiger partial charge on any atom is -0.372 e. The van der Waals surface area contributed by atoms with Crippen LogP contribution in [0.25, 0.3) is 0 Å². The second-order valence-corrected chi connectivity index (χ2v) is 5.58. The summed E-state index contributed by atoms with van der Waals surface area (Å²) in [6.45, 7) is 12.3. The topological polar surface area (TPSA) is 18.5 Å². The highest BCUT2D eigenvalue weighted by atomic mass is 15.1. The third-order valence-electron chi connectivity index (χ3n) is 4.12. The summed E-state index contributed by atoms with van der Waals surface area (Å²) in [5.41, 5.74) is 2.81. The highest BCUT2D eigenvalue weighted by Gasteiger charge is 2.12. The van der Waals surface area contributed by atoms with Crippen LogP contribution in [0.5, 0.6) is 0 Å². The van der Waals surface area contributed by atoms with Gasteiger partial charge in [-0.1, -0.05) is 26.0 Å². The van der Waals surface area contributed by atoms with E-state index < -0.39 is 0 Å². The zero-order chi connectivity index (χ0) is 14.2. The molecule has 1 aromatic rings. The third kappa shape index (κ3) is 4.50. The molecule has 1 fully saturated rings. The van der Waals surface area contributed by atoms with E-state index in [1.165, 1.54) is 37.2 Å². The van der Waals surface area contributed by atoms with E-state index in [9.17, 15) is 0 Å². The number of nitrogens with zero attached hydrogens (tertiary/aromatic N) is 2. The lowest BCUT2D eigenvalue weighted by Crippen LogP contribution is -2.31. The number of rotatable bonds is 8. The smallest absolute Gasteiger partial charge is 0.0366 e.